The molecule has 0 unspecified atom stereocenters. The Morgan fingerprint density at radius 3 is 2.53 bits per heavy atom. The van der Waals surface area contributed by atoms with Crippen molar-refractivity contribution in [3.8, 4) is 11.6 Å². The molecule has 0 radical (unpaired) electrons. The molecular formula is C20H13F6N5O4S. The molecule has 0 aliphatic rings. The number of rotatable bonds is 7. The summed E-state index contributed by atoms with van der Waals surface area (Å²) in [5, 5.41) is 4.83. The summed E-state index contributed by atoms with van der Waals surface area (Å²) < 4.78 is 119. The maximum atomic E-state index is 15.0. The molecule has 0 atom stereocenters. The van der Waals surface area contributed by atoms with E-state index in [0.29, 0.717) is 12.3 Å². The Kier molecular flexibility index (Phi) is 6.38. The van der Waals surface area contributed by atoms with Gasteiger partial charge in [0.1, 0.15) is 24.0 Å². The van der Waals surface area contributed by atoms with Gasteiger partial charge in [0, 0.05) is 6.07 Å². The fraction of sp³-hybridized carbons (Fsp3) is 0.150. The molecular weight excluding hydrogens is 520 g/mol. The summed E-state index contributed by atoms with van der Waals surface area (Å²) in [7, 11) is -3.56. The number of nitrogens with one attached hydrogen (secondary N) is 2. The van der Waals surface area contributed by atoms with E-state index >= 15 is 4.39 Å². The number of hydrogen-bond donors (Lipinski definition) is 2. The number of aromatic amines is 1. The fourth-order valence-corrected chi connectivity index (χ4v) is 4.29. The summed E-state index contributed by atoms with van der Waals surface area (Å²) in [6, 6.07) is 3.04. The third kappa shape index (κ3) is 4.84. The second-order valence-corrected chi connectivity index (χ2v) is 8.73. The summed E-state index contributed by atoms with van der Waals surface area (Å²) in [6.07, 6.45) is -3.08. The Hall–Kier alpha value is -4.08. The zero-order valence-electron chi connectivity index (χ0n) is 17.8. The number of sulfonamides is 1. The third-order valence-electron chi connectivity index (χ3n) is 4.74. The van der Waals surface area contributed by atoms with Crippen molar-refractivity contribution in [1.82, 2.24) is 20.2 Å². The van der Waals surface area contributed by atoms with E-state index in [1.165, 1.54) is 0 Å². The molecule has 0 amide bonds. The number of H-pyrrole nitrogens is 1. The third-order valence-corrected chi connectivity index (χ3v) is 6.10. The van der Waals surface area contributed by atoms with Crippen molar-refractivity contribution in [3.63, 3.8) is 0 Å². The van der Waals surface area contributed by atoms with Gasteiger partial charge in [0.05, 0.1) is 36.1 Å². The zero-order chi connectivity index (χ0) is 26.3. The van der Waals surface area contributed by atoms with Crippen molar-refractivity contribution < 1.29 is 44.2 Å². The van der Waals surface area contributed by atoms with Crippen LogP contribution in [0.25, 0.3) is 11.0 Å². The second-order valence-electron chi connectivity index (χ2n) is 7.08. The minimum Gasteiger partial charge on any atom is -0.487 e. The van der Waals surface area contributed by atoms with Crippen molar-refractivity contribution >= 4 is 26.7 Å². The Morgan fingerprint density at radius 2 is 1.83 bits per heavy atom. The first-order chi connectivity index (χ1) is 16.9. The van der Waals surface area contributed by atoms with Gasteiger partial charge in [0.2, 0.25) is 5.88 Å². The summed E-state index contributed by atoms with van der Waals surface area (Å²) in [6.45, 7) is -0.843. The second kappa shape index (κ2) is 9.18. The van der Waals surface area contributed by atoms with Crippen molar-refractivity contribution in [2.75, 3.05) is 11.8 Å². The van der Waals surface area contributed by atoms with Crippen molar-refractivity contribution in [2.24, 2.45) is 0 Å². The first-order valence-corrected chi connectivity index (χ1v) is 11.1. The van der Waals surface area contributed by atoms with Crippen LogP contribution >= 0.6 is 0 Å². The fourth-order valence-electron chi connectivity index (χ4n) is 3.10. The molecule has 2 N–H and O–H groups in total. The van der Waals surface area contributed by atoms with Gasteiger partial charge < -0.3 is 9.47 Å². The number of methoxy groups -OCH3 is 1. The number of benzene rings is 1. The van der Waals surface area contributed by atoms with E-state index < -0.39 is 73.4 Å². The van der Waals surface area contributed by atoms with E-state index in [1.807, 2.05) is 4.72 Å². The van der Waals surface area contributed by atoms with E-state index in [1.54, 1.807) is 0 Å². The van der Waals surface area contributed by atoms with Gasteiger partial charge in [-0.15, -0.1) is 0 Å². The van der Waals surface area contributed by atoms with E-state index in [2.05, 4.69) is 20.2 Å². The van der Waals surface area contributed by atoms with Gasteiger partial charge in [-0.3, -0.25) is 9.82 Å². The van der Waals surface area contributed by atoms with Crippen molar-refractivity contribution in [1.29, 1.82) is 0 Å². The van der Waals surface area contributed by atoms with Gasteiger partial charge in [0.15, 0.2) is 22.1 Å². The lowest BCUT2D eigenvalue weighted by Crippen LogP contribution is -2.17. The standard InChI is InChI=1S/C20H13F6N5O4S/c1-34-19-15(4-9(21)6-28-19)36(32,33)31-14-3-2-13(22)12(16(14)23)8-35-10-5-11-17(20(24,25)26)29-30-18(11)27-7-10/h2-7,31H,8H2,1H3,(H,27,29,30). The molecule has 4 rings (SSSR count). The number of halogens is 6. The summed E-state index contributed by atoms with van der Waals surface area (Å²) in [4.78, 5) is 6.47. The molecule has 1 aromatic carbocycles. The first-order valence-electron chi connectivity index (χ1n) is 9.64. The highest BCUT2D eigenvalue weighted by Gasteiger charge is 2.36. The SMILES string of the molecule is COc1ncc(F)cc1S(=O)(=O)Nc1ccc(F)c(COc2cnc3[nH]nc(C(F)(F)F)c3c2)c1F. The van der Waals surface area contributed by atoms with Gasteiger partial charge >= 0.3 is 6.18 Å². The van der Waals surface area contributed by atoms with E-state index in [0.717, 1.165) is 31.5 Å². The molecule has 0 aliphatic heterocycles. The number of pyridine rings is 2. The predicted molar refractivity (Wildman–Crippen MR) is 111 cm³/mol. The molecule has 3 aromatic heterocycles. The van der Waals surface area contributed by atoms with Crippen LogP contribution in [0, 0.1) is 17.5 Å². The highest BCUT2D eigenvalue weighted by Crippen LogP contribution is 2.34. The molecule has 16 heteroatoms. The normalized spacial score (nSPS) is 12.1. The average Bonchev–Trinajstić information content (AvgIpc) is 3.25. The van der Waals surface area contributed by atoms with Gasteiger partial charge in [-0.1, -0.05) is 0 Å². The minimum atomic E-state index is -4.79. The molecule has 3 heterocycles. The molecule has 0 fully saturated rings. The van der Waals surface area contributed by atoms with Gasteiger partial charge in [-0.2, -0.15) is 18.3 Å². The molecule has 36 heavy (non-hydrogen) atoms. The summed E-state index contributed by atoms with van der Waals surface area (Å²) in [5.41, 5.74) is -2.91. The smallest absolute Gasteiger partial charge is 0.435 e. The summed E-state index contributed by atoms with van der Waals surface area (Å²) >= 11 is 0. The van der Waals surface area contributed by atoms with Crippen LogP contribution in [0.2, 0.25) is 0 Å². The van der Waals surface area contributed by atoms with Crippen molar-refractivity contribution in [2.45, 2.75) is 17.7 Å². The molecule has 0 saturated carbocycles. The number of aromatic nitrogens is 4. The zero-order valence-corrected chi connectivity index (χ0v) is 18.6. The van der Waals surface area contributed by atoms with Crippen LogP contribution in [0.3, 0.4) is 0 Å². The van der Waals surface area contributed by atoms with Crippen LogP contribution in [0.5, 0.6) is 11.6 Å². The topological polar surface area (TPSA) is 119 Å². The highest BCUT2D eigenvalue weighted by molar-refractivity contribution is 7.92. The number of fused-ring (bicyclic) bond motifs is 1. The minimum absolute atomic E-state index is 0.189. The molecule has 4 aromatic rings. The van der Waals surface area contributed by atoms with Gasteiger partial charge in [0.25, 0.3) is 10.0 Å². The Morgan fingerprint density at radius 1 is 1.08 bits per heavy atom. The number of nitrogens with zero attached hydrogens (tertiary/aromatic N) is 3. The first kappa shape index (κ1) is 25.0. The average molecular weight is 533 g/mol. The predicted octanol–water partition coefficient (Wildman–Crippen LogP) is 4.18. The lowest BCUT2D eigenvalue weighted by molar-refractivity contribution is -0.139. The molecule has 0 saturated heterocycles. The molecule has 0 bridgehead atoms. The number of hydrogen-bond acceptors (Lipinski definition) is 7. The van der Waals surface area contributed by atoms with Crippen LogP contribution in [0.1, 0.15) is 11.3 Å². The Bertz CT molecular complexity index is 1560. The highest BCUT2D eigenvalue weighted by atomic mass is 32.2. The largest absolute Gasteiger partial charge is 0.487 e. The Labute approximate surface area is 198 Å². The maximum Gasteiger partial charge on any atom is 0.435 e. The molecule has 190 valence electrons. The van der Waals surface area contributed by atoms with E-state index in [-0.39, 0.29) is 11.4 Å². The quantitative estimate of drug-likeness (QED) is 0.342. The number of alkyl halides is 3. The van der Waals surface area contributed by atoms with Crippen LogP contribution < -0.4 is 14.2 Å². The monoisotopic (exact) mass is 533 g/mol. The van der Waals surface area contributed by atoms with Gasteiger partial charge in [-0.25, -0.2) is 31.6 Å². The molecule has 0 aliphatic carbocycles. The molecule has 0 spiro atoms. The Balaban J connectivity index is 1.61. The van der Waals surface area contributed by atoms with Crippen LogP contribution in [-0.2, 0) is 22.8 Å². The van der Waals surface area contributed by atoms with Crippen LogP contribution in [-0.4, -0.2) is 35.7 Å². The summed E-state index contributed by atoms with van der Waals surface area (Å²) in [5.74, 6) is -4.27. The lowest BCUT2D eigenvalue weighted by Gasteiger charge is -2.14. The van der Waals surface area contributed by atoms with Gasteiger partial charge in [-0.05, 0) is 18.2 Å². The number of anilines is 1. The van der Waals surface area contributed by atoms with Crippen LogP contribution in [0.15, 0.2) is 41.6 Å². The lowest BCUT2D eigenvalue weighted by atomic mass is 10.2. The molecule has 9 nitrogen and oxygen atoms in total. The van der Waals surface area contributed by atoms with Crippen LogP contribution in [0.4, 0.5) is 32.0 Å². The van der Waals surface area contributed by atoms with E-state index in [9.17, 15) is 30.4 Å². The van der Waals surface area contributed by atoms with Crippen molar-refractivity contribution in [3.05, 3.63) is 65.4 Å². The number of ether oxygens (including phenoxy) is 2. The van der Waals surface area contributed by atoms with E-state index in [4.69, 9.17) is 9.47 Å². The maximum absolute atomic E-state index is 15.0.